The highest BCUT2D eigenvalue weighted by Gasteiger charge is 2.52. The number of nitrogens with zero attached hydrogens (tertiary/aromatic N) is 5. The van der Waals surface area contributed by atoms with E-state index in [-0.39, 0.29) is 30.9 Å². The lowest BCUT2D eigenvalue weighted by molar-refractivity contribution is -0.139. The van der Waals surface area contributed by atoms with Crippen LogP contribution in [0, 0.1) is 5.92 Å². The first kappa shape index (κ1) is 32.3. The van der Waals surface area contributed by atoms with E-state index in [0.717, 1.165) is 33.3 Å². The highest BCUT2D eigenvalue weighted by molar-refractivity contribution is 6.27. The molecule has 0 bridgehead atoms. The van der Waals surface area contributed by atoms with E-state index in [2.05, 4.69) is 10.3 Å². The lowest BCUT2D eigenvalue weighted by Gasteiger charge is -2.27. The minimum Gasteiger partial charge on any atom is -0.395 e. The molecule has 5 aromatic carbocycles. The third-order valence-electron chi connectivity index (χ3n) is 10.2. The predicted octanol–water partition coefficient (Wildman–Crippen LogP) is 6.86. The number of benzene rings is 5. The van der Waals surface area contributed by atoms with Gasteiger partial charge in [0.25, 0.3) is 11.8 Å². The number of carbonyl (C=O) groups excluding carboxylic acids is 2. The number of hydrogen-bond acceptors (Lipinski definition) is 6. The van der Waals surface area contributed by atoms with Crippen molar-refractivity contribution in [2.75, 3.05) is 16.4 Å². The van der Waals surface area contributed by atoms with Crippen molar-refractivity contribution in [1.29, 1.82) is 0 Å². The predicted molar refractivity (Wildman–Crippen MR) is 197 cm³/mol. The molecular formula is C42H37N5O4. The van der Waals surface area contributed by atoms with Gasteiger partial charge >= 0.3 is 0 Å². The first-order valence-corrected chi connectivity index (χ1v) is 17.2. The van der Waals surface area contributed by atoms with Crippen LogP contribution in [0.2, 0.25) is 0 Å². The fourth-order valence-electron chi connectivity index (χ4n) is 7.45. The fourth-order valence-corrected chi connectivity index (χ4v) is 7.45. The average molecular weight is 676 g/mol. The number of anilines is 3. The van der Waals surface area contributed by atoms with E-state index < -0.39 is 11.5 Å². The van der Waals surface area contributed by atoms with Gasteiger partial charge in [-0.05, 0) is 53.3 Å². The Hall–Kier alpha value is -5.90. The monoisotopic (exact) mass is 675 g/mol. The molecule has 51 heavy (non-hydrogen) atoms. The first-order chi connectivity index (χ1) is 24.9. The van der Waals surface area contributed by atoms with Gasteiger partial charge in [0.2, 0.25) is 0 Å². The van der Waals surface area contributed by atoms with Crippen LogP contribution in [0.5, 0.6) is 0 Å². The van der Waals surface area contributed by atoms with Crippen LogP contribution in [0.4, 0.5) is 17.1 Å². The number of aryl methyl sites for hydroxylation is 1. The molecule has 2 amide bonds. The molecule has 3 atom stereocenters. The van der Waals surface area contributed by atoms with Crippen LogP contribution in [0.1, 0.15) is 52.0 Å². The molecule has 0 aliphatic carbocycles. The number of aliphatic hydroxyl groups is 2. The number of aliphatic hydroxyl groups excluding tert-OH is 1. The summed E-state index contributed by atoms with van der Waals surface area (Å²) in [4.78, 5) is 30.9. The third kappa shape index (κ3) is 5.51. The number of amides is 2. The van der Waals surface area contributed by atoms with E-state index in [1.54, 1.807) is 14.5 Å². The molecular weight excluding hydrogens is 638 g/mol. The SMILES string of the molecule is C[C@@H](/C=C/CCn1cc(C(CO)c2ccccc2)nn1)[C@]1(O)C(=O)N(Cc2ccc(N3C(=O)c4cccc5cccc3c45)cc2)c2ccccc21. The van der Waals surface area contributed by atoms with Crippen molar-refractivity contribution < 1.29 is 19.8 Å². The molecule has 0 radical (unpaired) electrons. The van der Waals surface area contributed by atoms with E-state index in [9.17, 15) is 19.8 Å². The molecule has 0 saturated carbocycles. The minimum absolute atomic E-state index is 0.0604. The zero-order valence-electron chi connectivity index (χ0n) is 28.1. The number of fused-ring (bicyclic) bond motifs is 1. The number of para-hydroxylation sites is 1. The van der Waals surface area contributed by atoms with Gasteiger partial charge in [-0.15, -0.1) is 5.10 Å². The second-order valence-electron chi connectivity index (χ2n) is 13.2. The van der Waals surface area contributed by atoms with Crippen molar-refractivity contribution >= 4 is 39.6 Å². The van der Waals surface area contributed by atoms with Crippen LogP contribution >= 0.6 is 0 Å². The van der Waals surface area contributed by atoms with Gasteiger partial charge in [0, 0.05) is 35.3 Å². The standard InChI is InChI=1S/C42H37N5O4/c1-28(11-7-8-24-45-26-36(43-44-45)34(27-48)30-12-3-2-4-13-30)42(51)35-17-5-6-18-37(35)46(41(42)50)25-29-20-22-32(23-21-29)47-38-19-10-15-31-14-9-16-33(39(31)38)40(47)49/h2-7,9-23,26,28,34,48,51H,8,24-25,27H2,1H3/b11-7+/t28-,34?,42+/m0/s1. The summed E-state index contributed by atoms with van der Waals surface area (Å²) in [5.74, 6) is -1.19. The lowest BCUT2D eigenvalue weighted by atomic mass is 9.83. The Labute approximate surface area is 295 Å². The highest BCUT2D eigenvalue weighted by Crippen LogP contribution is 2.46. The largest absolute Gasteiger partial charge is 0.395 e. The van der Waals surface area contributed by atoms with Crippen molar-refractivity contribution in [3.63, 3.8) is 0 Å². The summed E-state index contributed by atoms with van der Waals surface area (Å²) in [6.45, 7) is 2.61. The summed E-state index contributed by atoms with van der Waals surface area (Å²) in [6.07, 6.45) is 6.31. The van der Waals surface area contributed by atoms with Crippen LogP contribution in [0.25, 0.3) is 10.8 Å². The molecule has 0 spiro atoms. The molecule has 1 unspecified atom stereocenters. The molecule has 2 aliphatic heterocycles. The van der Waals surface area contributed by atoms with Gasteiger partial charge in [0.1, 0.15) is 0 Å². The van der Waals surface area contributed by atoms with Crippen LogP contribution < -0.4 is 9.80 Å². The van der Waals surface area contributed by atoms with Crippen LogP contribution in [-0.4, -0.2) is 43.6 Å². The topological polar surface area (TPSA) is 112 Å². The number of hydrogen-bond donors (Lipinski definition) is 2. The number of allylic oxidation sites excluding steroid dienone is 1. The molecule has 0 saturated heterocycles. The molecule has 1 aromatic heterocycles. The molecule has 0 fully saturated rings. The Bertz CT molecular complexity index is 2280. The van der Waals surface area contributed by atoms with Crippen LogP contribution in [0.15, 0.2) is 134 Å². The summed E-state index contributed by atoms with van der Waals surface area (Å²) in [7, 11) is 0. The summed E-state index contributed by atoms with van der Waals surface area (Å²) in [5.41, 5.74) is 4.38. The molecule has 3 heterocycles. The molecule has 8 rings (SSSR count). The highest BCUT2D eigenvalue weighted by atomic mass is 16.3. The Balaban J connectivity index is 0.955. The second kappa shape index (κ2) is 13.1. The van der Waals surface area contributed by atoms with Gasteiger partial charge in [-0.2, -0.15) is 0 Å². The van der Waals surface area contributed by atoms with E-state index >= 15 is 0 Å². The van der Waals surface area contributed by atoms with Crippen LogP contribution in [-0.2, 0) is 23.5 Å². The van der Waals surface area contributed by atoms with Gasteiger partial charge < -0.3 is 15.1 Å². The van der Waals surface area contributed by atoms with Gasteiger partial charge in [-0.25, -0.2) is 0 Å². The summed E-state index contributed by atoms with van der Waals surface area (Å²) in [6, 6.07) is 36.5. The molecule has 254 valence electrons. The average Bonchev–Trinajstić information content (AvgIpc) is 3.81. The zero-order chi connectivity index (χ0) is 35.1. The Kier molecular flexibility index (Phi) is 8.30. The number of carbonyl (C=O) groups is 2. The van der Waals surface area contributed by atoms with E-state index in [4.69, 9.17) is 0 Å². The maximum absolute atomic E-state index is 14.1. The maximum Gasteiger partial charge on any atom is 0.264 e. The second-order valence-corrected chi connectivity index (χ2v) is 13.2. The summed E-state index contributed by atoms with van der Waals surface area (Å²) < 4.78 is 1.74. The zero-order valence-corrected chi connectivity index (χ0v) is 28.1. The van der Waals surface area contributed by atoms with Crippen LogP contribution in [0.3, 0.4) is 0 Å². The van der Waals surface area contributed by atoms with Crippen molar-refractivity contribution in [3.05, 3.63) is 162 Å². The van der Waals surface area contributed by atoms with Crippen molar-refractivity contribution in [2.45, 2.75) is 38.0 Å². The minimum atomic E-state index is -1.73. The van der Waals surface area contributed by atoms with Crippen molar-refractivity contribution in [3.8, 4) is 0 Å². The Morgan fingerprint density at radius 3 is 2.35 bits per heavy atom. The van der Waals surface area contributed by atoms with Crippen molar-refractivity contribution in [1.82, 2.24) is 15.0 Å². The summed E-state index contributed by atoms with van der Waals surface area (Å²) >= 11 is 0. The molecule has 9 heteroatoms. The van der Waals surface area contributed by atoms with Gasteiger partial charge in [0.05, 0.1) is 41.7 Å². The van der Waals surface area contributed by atoms with E-state index in [0.29, 0.717) is 35.5 Å². The normalized spacial score (nSPS) is 17.9. The molecule has 2 N–H and O–H groups in total. The first-order valence-electron chi connectivity index (χ1n) is 17.2. The fraction of sp³-hybridized carbons (Fsp3) is 0.190. The Morgan fingerprint density at radius 2 is 1.57 bits per heavy atom. The molecule has 2 aliphatic rings. The quantitative estimate of drug-likeness (QED) is 0.145. The van der Waals surface area contributed by atoms with Gasteiger partial charge in [-0.3, -0.25) is 19.2 Å². The maximum atomic E-state index is 14.1. The summed E-state index contributed by atoms with van der Waals surface area (Å²) in [5, 5.41) is 32.6. The van der Waals surface area contributed by atoms with E-state index in [1.165, 1.54) is 0 Å². The third-order valence-corrected chi connectivity index (χ3v) is 10.2. The van der Waals surface area contributed by atoms with E-state index in [1.807, 2.05) is 141 Å². The van der Waals surface area contributed by atoms with Gasteiger partial charge in [0.15, 0.2) is 5.60 Å². The number of aromatic nitrogens is 3. The van der Waals surface area contributed by atoms with Crippen molar-refractivity contribution in [2.24, 2.45) is 5.92 Å². The van der Waals surface area contributed by atoms with Gasteiger partial charge in [-0.1, -0.05) is 109 Å². The smallest absolute Gasteiger partial charge is 0.264 e. The number of rotatable bonds is 11. The molecule has 9 nitrogen and oxygen atoms in total. The lowest BCUT2D eigenvalue weighted by Crippen LogP contribution is -2.44. The molecule has 6 aromatic rings. The Morgan fingerprint density at radius 1 is 0.843 bits per heavy atom.